The van der Waals surface area contributed by atoms with Crippen molar-refractivity contribution in [3.05, 3.63) is 0 Å². The number of urea groups is 1. The highest BCUT2D eigenvalue weighted by molar-refractivity contribution is 7.96. The zero-order chi connectivity index (χ0) is 7.56. The number of ether oxygens (including phenoxy) is 1. The molecule has 0 saturated carbocycles. The van der Waals surface area contributed by atoms with E-state index >= 15 is 0 Å². The molecule has 10 heavy (non-hydrogen) atoms. The smallest absolute Gasteiger partial charge is 0.336 e. The van der Waals surface area contributed by atoms with E-state index < -0.39 is 0 Å². The van der Waals surface area contributed by atoms with Crippen molar-refractivity contribution >= 4 is 24.2 Å². The molecule has 0 fully saturated rings. The predicted molar refractivity (Wildman–Crippen MR) is 38.3 cm³/mol. The number of carbonyl (C=O) groups is 1. The van der Waals surface area contributed by atoms with Gasteiger partial charge in [-0.1, -0.05) is 0 Å². The molecule has 0 unspecified atom stereocenters. The van der Waals surface area contributed by atoms with Crippen LogP contribution in [0.5, 0.6) is 0 Å². The first-order valence-corrected chi connectivity index (χ1v) is 3.31. The Balaban J connectivity index is 2.61. The molecule has 0 radical (unpaired) electrons. The van der Waals surface area contributed by atoms with Gasteiger partial charge in [-0.25, -0.2) is 4.79 Å². The number of hydrogen-bond acceptors (Lipinski definition) is 4. The number of rotatable bonds is 0. The second-order valence-corrected chi connectivity index (χ2v) is 2.50. The first kappa shape index (κ1) is 7.20. The fraction of sp³-hybridized carbons (Fsp3) is 0.500. The summed E-state index contributed by atoms with van der Waals surface area (Å²) >= 11 is 1.04. The third-order valence-electron chi connectivity index (χ3n) is 0.939. The van der Waals surface area contributed by atoms with Gasteiger partial charge in [0.25, 0.3) is 0 Å². The van der Waals surface area contributed by atoms with Crippen LogP contribution in [0.15, 0.2) is 4.40 Å². The van der Waals surface area contributed by atoms with E-state index in [4.69, 9.17) is 0 Å². The molecule has 0 aromatic carbocycles. The van der Waals surface area contributed by atoms with Crippen molar-refractivity contribution in [2.24, 2.45) is 4.40 Å². The van der Waals surface area contributed by atoms with E-state index in [9.17, 15) is 4.79 Å². The minimum absolute atomic E-state index is 0.225. The maximum Gasteiger partial charge on any atom is 0.336 e. The first-order valence-electron chi connectivity index (χ1n) is 2.58. The Kier molecular flexibility index (Phi) is 2.00. The van der Waals surface area contributed by atoms with Crippen LogP contribution in [-0.4, -0.2) is 30.5 Å². The SMILES string of the molecule is COC1=NSN(C)C(=O)N1. The summed E-state index contributed by atoms with van der Waals surface area (Å²) in [6.07, 6.45) is 0. The lowest BCUT2D eigenvalue weighted by Crippen LogP contribution is -2.41. The van der Waals surface area contributed by atoms with Gasteiger partial charge in [0.05, 0.1) is 7.11 Å². The molecule has 5 nitrogen and oxygen atoms in total. The molecular weight excluding hydrogens is 154 g/mol. The summed E-state index contributed by atoms with van der Waals surface area (Å²) in [5.41, 5.74) is 0. The summed E-state index contributed by atoms with van der Waals surface area (Å²) in [4.78, 5) is 10.8. The zero-order valence-electron chi connectivity index (χ0n) is 5.62. The van der Waals surface area contributed by atoms with Crippen molar-refractivity contribution in [2.45, 2.75) is 0 Å². The Morgan fingerprint density at radius 1 is 1.80 bits per heavy atom. The van der Waals surface area contributed by atoms with E-state index in [-0.39, 0.29) is 12.1 Å². The van der Waals surface area contributed by atoms with Gasteiger partial charge in [-0.15, -0.1) is 4.40 Å². The summed E-state index contributed by atoms with van der Waals surface area (Å²) in [6.45, 7) is 0. The molecule has 1 N–H and O–H groups in total. The lowest BCUT2D eigenvalue weighted by molar-refractivity contribution is 0.231. The van der Waals surface area contributed by atoms with Crippen LogP contribution in [0.2, 0.25) is 0 Å². The summed E-state index contributed by atoms with van der Waals surface area (Å²) in [5.74, 6) is 0. The molecule has 0 atom stereocenters. The van der Waals surface area contributed by atoms with E-state index in [2.05, 4.69) is 14.5 Å². The van der Waals surface area contributed by atoms with Gasteiger partial charge in [-0.2, -0.15) is 0 Å². The van der Waals surface area contributed by atoms with Gasteiger partial charge < -0.3 is 4.74 Å². The fourth-order valence-corrected chi connectivity index (χ4v) is 0.853. The molecule has 0 aromatic rings. The topological polar surface area (TPSA) is 53.9 Å². The predicted octanol–water partition coefficient (Wildman–Crippen LogP) is 0.207. The second kappa shape index (κ2) is 2.78. The lowest BCUT2D eigenvalue weighted by Gasteiger charge is -2.18. The zero-order valence-corrected chi connectivity index (χ0v) is 6.44. The summed E-state index contributed by atoms with van der Waals surface area (Å²) < 4.78 is 9.83. The van der Waals surface area contributed by atoms with Crippen molar-refractivity contribution < 1.29 is 9.53 Å². The highest BCUT2D eigenvalue weighted by Crippen LogP contribution is 2.12. The number of methoxy groups -OCH3 is 1. The van der Waals surface area contributed by atoms with Gasteiger partial charge in [0.1, 0.15) is 12.1 Å². The molecule has 1 aliphatic rings. The molecule has 0 aliphatic carbocycles. The lowest BCUT2D eigenvalue weighted by atomic mass is 10.9. The normalized spacial score (nSPS) is 18.0. The molecule has 1 aliphatic heterocycles. The van der Waals surface area contributed by atoms with Gasteiger partial charge in [-0.3, -0.25) is 9.62 Å². The number of amidine groups is 1. The van der Waals surface area contributed by atoms with Crippen LogP contribution in [0.3, 0.4) is 0 Å². The Labute approximate surface area is 62.7 Å². The number of hydrogen-bond donors (Lipinski definition) is 1. The number of nitrogens with one attached hydrogen (secondary N) is 1. The number of amides is 2. The molecular formula is C4H7N3O2S. The molecule has 0 saturated heterocycles. The summed E-state index contributed by atoms with van der Waals surface area (Å²) in [5, 5.41) is 2.41. The van der Waals surface area contributed by atoms with Crippen LogP contribution >= 0.6 is 12.1 Å². The molecule has 1 heterocycles. The Bertz CT molecular complexity index is 181. The molecule has 6 heteroatoms. The van der Waals surface area contributed by atoms with E-state index in [0.717, 1.165) is 12.1 Å². The van der Waals surface area contributed by atoms with E-state index in [1.54, 1.807) is 7.05 Å². The van der Waals surface area contributed by atoms with Crippen molar-refractivity contribution in [3.63, 3.8) is 0 Å². The first-order chi connectivity index (χ1) is 4.74. The minimum atomic E-state index is -0.225. The number of nitrogens with zero attached hydrogens (tertiary/aromatic N) is 2. The van der Waals surface area contributed by atoms with Crippen LogP contribution < -0.4 is 5.32 Å². The minimum Gasteiger partial charge on any atom is -0.468 e. The van der Waals surface area contributed by atoms with Crippen molar-refractivity contribution in [3.8, 4) is 0 Å². The molecule has 0 spiro atoms. The molecule has 56 valence electrons. The van der Waals surface area contributed by atoms with E-state index in [0.29, 0.717) is 0 Å². The standard InChI is InChI=1S/C4H7N3O2S/c1-7-4(8)5-3(9-2)6-10-7/h1-2H3,(H,5,6,8). The van der Waals surface area contributed by atoms with Crippen LogP contribution in [0, 0.1) is 0 Å². The van der Waals surface area contributed by atoms with E-state index in [1.807, 2.05) is 0 Å². The molecule has 2 amide bonds. The average molecular weight is 161 g/mol. The highest BCUT2D eigenvalue weighted by atomic mass is 32.2. The average Bonchev–Trinajstić information content (AvgIpc) is 1.95. The quantitative estimate of drug-likeness (QED) is 0.516. The Morgan fingerprint density at radius 3 is 3.00 bits per heavy atom. The van der Waals surface area contributed by atoms with Gasteiger partial charge in [0, 0.05) is 7.05 Å². The third kappa shape index (κ3) is 1.32. The fourth-order valence-electron chi connectivity index (χ4n) is 0.417. The molecule has 0 aromatic heterocycles. The van der Waals surface area contributed by atoms with Crippen LogP contribution in [-0.2, 0) is 4.74 Å². The Hall–Kier alpha value is -0.910. The Morgan fingerprint density at radius 2 is 2.50 bits per heavy atom. The van der Waals surface area contributed by atoms with Gasteiger partial charge in [-0.05, 0) is 0 Å². The second-order valence-electron chi connectivity index (χ2n) is 1.61. The van der Waals surface area contributed by atoms with Crippen LogP contribution in [0.1, 0.15) is 0 Å². The highest BCUT2D eigenvalue weighted by Gasteiger charge is 2.17. The van der Waals surface area contributed by atoms with Gasteiger partial charge in [0.2, 0.25) is 0 Å². The molecule has 1 rings (SSSR count). The number of carbonyl (C=O) groups excluding carboxylic acids is 1. The summed E-state index contributed by atoms with van der Waals surface area (Å²) in [6, 6.07) is 0.0185. The summed E-state index contributed by atoms with van der Waals surface area (Å²) in [7, 11) is 3.07. The van der Waals surface area contributed by atoms with Crippen molar-refractivity contribution in [1.29, 1.82) is 0 Å². The van der Waals surface area contributed by atoms with Crippen molar-refractivity contribution in [1.82, 2.24) is 9.62 Å². The maximum atomic E-state index is 10.8. The maximum absolute atomic E-state index is 10.8. The van der Waals surface area contributed by atoms with Gasteiger partial charge in [0.15, 0.2) is 0 Å². The van der Waals surface area contributed by atoms with E-state index in [1.165, 1.54) is 11.4 Å². The molecule has 0 bridgehead atoms. The van der Waals surface area contributed by atoms with Crippen LogP contribution in [0.25, 0.3) is 0 Å². The van der Waals surface area contributed by atoms with Crippen LogP contribution in [0.4, 0.5) is 4.79 Å². The monoisotopic (exact) mass is 161 g/mol. The van der Waals surface area contributed by atoms with Gasteiger partial charge >= 0.3 is 12.1 Å². The third-order valence-corrected chi connectivity index (χ3v) is 1.60. The van der Waals surface area contributed by atoms with Crippen molar-refractivity contribution in [2.75, 3.05) is 14.2 Å². The largest absolute Gasteiger partial charge is 0.468 e.